The average Bonchev–Trinajstić information content (AvgIpc) is 3.28. The fourth-order valence-corrected chi connectivity index (χ4v) is 8.24. The van der Waals surface area contributed by atoms with Gasteiger partial charge in [-0.25, -0.2) is 0 Å². The van der Waals surface area contributed by atoms with Gasteiger partial charge in [0.2, 0.25) is 5.91 Å². The molecular formula is C58H107NO3. The Bertz CT molecular complexity index is 1030. The summed E-state index contributed by atoms with van der Waals surface area (Å²) in [4.78, 5) is 12.4. The number of unbranched alkanes of at least 4 members (excludes halogenated alkanes) is 35. The van der Waals surface area contributed by atoms with Crippen LogP contribution in [-0.4, -0.2) is 34.9 Å². The van der Waals surface area contributed by atoms with Gasteiger partial charge in [-0.05, 0) is 77.0 Å². The number of rotatable bonds is 50. The molecule has 0 heterocycles. The minimum atomic E-state index is -0.877. The number of hydrogen-bond donors (Lipinski definition) is 3. The molecule has 362 valence electrons. The highest BCUT2D eigenvalue weighted by atomic mass is 16.3. The van der Waals surface area contributed by atoms with Crippen LogP contribution in [0.25, 0.3) is 0 Å². The summed E-state index contributed by atoms with van der Waals surface area (Å²) in [5.74, 6) is -0.0859. The molecule has 0 spiro atoms. The number of carbonyl (C=O) groups excluding carboxylic acids is 1. The Morgan fingerprint density at radius 2 is 0.677 bits per heavy atom. The molecule has 2 atom stereocenters. The van der Waals surface area contributed by atoms with Crippen molar-refractivity contribution in [3.63, 3.8) is 0 Å². The number of aliphatic hydroxyl groups excluding tert-OH is 2. The fraction of sp³-hybridized carbons (Fsp3) is 0.810. The Kier molecular flexibility index (Phi) is 51.8. The van der Waals surface area contributed by atoms with E-state index in [1.165, 1.54) is 212 Å². The molecule has 0 rings (SSSR count). The molecule has 0 saturated carbocycles. The molecule has 0 aromatic carbocycles. The number of nitrogens with one attached hydrogen (secondary N) is 1. The first kappa shape index (κ1) is 60.1. The van der Waals surface area contributed by atoms with Crippen LogP contribution in [0.2, 0.25) is 0 Å². The minimum absolute atomic E-state index is 0.0859. The smallest absolute Gasteiger partial charge is 0.220 e. The molecule has 0 aliphatic rings. The zero-order valence-corrected chi connectivity index (χ0v) is 41.6. The van der Waals surface area contributed by atoms with E-state index in [0.29, 0.717) is 6.42 Å². The third kappa shape index (κ3) is 49.1. The maximum Gasteiger partial charge on any atom is 0.220 e. The first-order chi connectivity index (χ1) is 30.7. The first-order valence-electron chi connectivity index (χ1n) is 27.5. The van der Waals surface area contributed by atoms with Gasteiger partial charge in [-0.3, -0.25) is 4.79 Å². The number of allylic oxidation sites excluding steroid dienone is 9. The monoisotopic (exact) mass is 866 g/mol. The van der Waals surface area contributed by atoms with E-state index in [0.717, 1.165) is 51.4 Å². The van der Waals surface area contributed by atoms with Crippen molar-refractivity contribution in [1.82, 2.24) is 5.32 Å². The molecule has 1 amide bonds. The molecule has 62 heavy (non-hydrogen) atoms. The van der Waals surface area contributed by atoms with Crippen molar-refractivity contribution in [1.29, 1.82) is 0 Å². The van der Waals surface area contributed by atoms with E-state index in [9.17, 15) is 15.0 Å². The van der Waals surface area contributed by atoms with Crippen molar-refractivity contribution in [2.24, 2.45) is 0 Å². The molecule has 0 aromatic heterocycles. The van der Waals surface area contributed by atoms with Gasteiger partial charge in [-0.2, -0.15) is 0 Å². The van der Waals surface area contributed by atoms with Crippen LogP contribution in [0, 0.1) is 0 Å². The van der Waals surface area contributed by atoms with Crippen LogP contribution in [0.4, 0.5) is 0 Å². The maximum absolute atomic E-state index is 12.4. The van der Waals surface area contributed by atoms with Crippen LogP contribution >= 0.6 is 0 Å². The summed E-state index contributed by atoms with van der Waals surface area (Å²) in [5, 5.41) is 23.1. The summed E-state index contributed by atoms with van der Waals surface area (Å²) in [5.41, 5.74) is 0. The average molecular weight is 866 g/mol. The third-order valence-electron chi connectivity index (χ3n) is 12.5. The zero-order valence-electron chi connectivity index (χ0n) is 41.6. The Morgan fingerprint density at radius 3 is 1.06 bits per heavy atom. The van der Waals surface area contributed by atoms with Crippen molar-refractivity contribution in [3.8, 4) is 0 Å². The largest absolute Gasteiger partial charge is 0.394 e. The van der Waals surface area contributed by atoms with Crippen molar-refractivity contribution in [3.05, 3.63) is 60.8 Å². The lowest BCUT2D eigenvalue weighted by molar-refractivity contribution is -0.123. The summed E-state index contributed by atoms with van der Waals surface area (Å²) in [6, 6.07) is -0.653. The molecule has 2 unspecified atom stereocenters. The lowest BCUT2D eigenvalue weighted by atomic mass is 10.0. The molecule has 0 fully saturated rings. The number of amides is 1. The van der Waals surface area contributed by atoms with Gasteiger partial charge >= 0.3 is 0 Å². The molecule has 4 nitrogen and oxygen atoms in total. The lowest BCUT2D eigenvalue weighted by Gasteiger charge is -2.19. The third-order valence-corrected chi connectivity index (χ3v) is 12.5. The van der Waals surface area contributed by atoms with E-state index in [1.54, 1.807) is 6.08 Å². The van der Waals surface area contributed by atoms with Crippen LogP contribution in [0.5, 0.6) is 0 Å². The fourth-order valence-electron chi connectivity index (χ4n) is 8.24. The summed E-state index contributed by atoms with van der Waals surface area (Å²) >= 11 is 0. The highest BCUT2D eigenvalue weighted by molar-refractivity contribution is 5.76. The van der Waals surface area contributed by atoms with Crippen molar-refractivity contribution < 1.29 is 15.0 Å². The predicted molar refractivity (Wildman–Crippen MR) is 276 cm³/mol. The quantitative estimate of drug-likeness (QED) is 0.0421. The Balaban J connectivity index is 3.54. The Hall–Kier alpha value is -1.91. The topological polar surface area (TPSA) is 69.6 Å². The second-order valence-corrected chi connectivity index (χ2v) is 18.6. The zero-order chi connectivity index (χ0) is 44.9. The molecule has 0 saturated heterocycles. The van der Waals surface area contributed by atoms with Gasteiger partial charge in [0.1, 0.15) is 0 Å². The van der Waals surface area contributed by atoms with Gasteiger partial charge in [0.25, 0.3) is 0 Å². The molecule has 3 N–H and O–H groups in total. The molecule has 0 aliphatic heterocycles. The van der Waals surface area contributed by atoms with Gasteiger partial charge in [0.05, 0.1) is 18.8 Å². The Labute approximate surface area is 387 Å². The lowest BCUT2D eigenvalue weighted by Crippen LogP contribution is -2.45. The molecule has 0 aliphatic carbocycles. The van der Waals surface area contributed by atoms with Gasteiger partial charge in [-0.15, -0.1) is 0 Å². The summed E-state index contributed by atoms with van der Waals surface area (Å²) < 4.78 is 0. The van der Waals surface area contributed by atoms with Crippen molar-refractivity contribution >= 4 is 5.91 Å². The molecule has 0 bridgehead atoms. The van der Waals surface area contributed by atoms with E-state index < -0.39 is 12.1 Å². The number of hydrogen-bond acceptors (Lipinski definition) is 3. The van der Waals surface area contributed by atoms with E-state index >= 15 is 0 Å². The first-order valence-corrected chi connectivity index (χ1v) is 27.5. The van der Waals surface area contributed by atoms with Crippen LogP contribution in [0.15, 0.2) is 60.8 Å². The van der Waals surface area contributed by atoms with Gasteiger partial charge in [0, 0.05) is 6.42 Å². The van der Waals surface area contributed by atoms with Crippen LogP contribution in [0.3, 0.4) is 0 Å². The number of aliphatic hydroxyl groups is 2. The van der Waals surface area contributed by atoms with Gasteiger partial charge in [0.15, 0.2) is 0 Å². The predicted octanol–water partition coefficient (Wildman–Crippen LogP) is 18.0. The van der Waals surface area contributed by atoms with E-state index in [-0.39, 0.29) is 12.5 Å². The van der Waals surface area contributed by atoms with Gasteiger partial charge in [-0.1, -0.05) is 261 Å². The van der Waals surface area contributed by atoms with Crippen molar-refractivity contribution in [2.45, 2.75) is 296 Å². The maximum atomic E-state index is 12.4. The van der Waals surface area contributed by atoms with Crippen LogP contribution < -0.4 is 5.32 Å². The highest BCUT2D eigenvalue weighted by Gasteiger charge is 2.17. The standard InChI is InChI=1S/C58H107NO3/c1-3-5-7-9-11-13-15-17-19-21-22-23-24-25-26-27-28-29-30-31-32-33-34-35-36-38-39-41-43-45-47-49-51-53-57(61)56(55-60)59-58(62)54-52-50-48-46-44-42-40-37-20-18-16-14-12-10-8-6-4-2/h12,14,18,20,36,38,43,45,51,53,56-57,60-61H,3-11,13,15-17,19,21-35,37,39-42,44,46-50,52,54-55H2,1-2H3,(H,59,62)/b14-12-,20-18-,38-36+,45-43+,53-51+. The van der Waals surface area contributed by atoms with E-state index in [2.05, 4.69) is 67.8 Å². The SMILES string of the molecule is CCCCC/C=C\C/C=C\CCCCCCCCCC(=O)NC(CO)C(O)/C=C/CC/C=C/CC/C=C/CCCCCCCCCCCCCCCCCCCCCCCCC. The molecule has 4 heteroatoms. The van der Waals surface area contributed by atoms with E-state index in [4.69, 9.17) is 0 Å². The highest BCUT2D eigenvalue weighted by Crippen LogP contribution is 2.16. The molecule has 0 aromatic rings. The Morgan fingerprint density at radius 1 is 0.387 bits per heavy atom. The second kappa shape index (κ2) is 53.4. The summed E-state index contributed by atoms with van der Waals surface area (Å²) in [6.45, 7) is 4.28. The molecule has 0 radical (unpaired) electrons. The van der Waals surface area contributed by atoms with Crippen LogP contribution in [0.1, 0.15) is 284 Å². The van der Waals surface area contributed by atoms with Gasteiger partial charge < -0.3 is 15.5 Å². The second-order valence-electron chi connectivity index (χ2n) is 18.6. The number of carbonyl (C=O) groups is 1. The minimum Gasteiger partial charge on any atom is -0.394 e. The van der Waals surface area contributed by atoms with E-state index in [1.807, 2.05) is 6.08 Å². The molecular weight excluding hydrogens is 759 g/mol. The normalized spacial score (nSPS) is 13.3. The summed E-state index contributed by atoms with van der Waals surface area (Å²) in [7, 11) is 0. The van der Waals surface area contributed by atoms with Crippen LogP contribution in [-0.2, 0) is 4.79 Å². The van der Waals surface area contributed by atoms with Crippen molar-refractivity contribution in [2.75, 3.05) is 6.61 Å². The summed E-state index contributed by atoms with van der Waals surface area (Å²) in [6.07, 6.45) is 75.3.